The molecule has 2 rings (SSSR count). The van der Waals surface area contributed by atoms with E-state index in [1.165, 1.54) is 11.3 Å². The molecule has 0 radical (unpaired) electrons. The summed E-state index contributed by atoms with van der Waals surface area (Å²) in [5, 5.41) is 12.3. The molecule has 1 aromatic rings. The molecule has 1 heterocycles. The van der Waals surface area contributed by atoms with Crippen LogP contribution in [0.5, 0.6) is 5.75 Å². The van der Waals surface area contributed by atoms with Gasteiger partial charge in [-0.1, -0.05) is 25.0 Å². The van der Waals surface area contributed by atoms with Crippen molar-refractivity contribution in [2.75, 3.05) is 38.8 Å². The van der Waals surface area contributed by atoms with Gasteiger partial charge in [0.2, 0.25) is 0 Å². The number of nitrogens with one attached hydrogen (secondary N) is 1. The van der Waals surface area contributed by atoms with E-state index in [0.29, 0.717) is 6.61 Å². The van der Waals surface area contributed by atoms with Crippen LogP contribution in [-0.4, -0.2) is 39.0 Å². The Morgan fingerprint density at radius 2 is 2.00 bits per heavy atom. The van der Waals surface area contributed by atoms with Gasteiger partial charge in [-0.15, -0.1) is 0 Å². The second-order valence-electron chi connectivity index (χ2n) is 5.42. The van der Waals surface area contributed by atoms with Crippen LogP contribution in [0.1, 0.15) is 31.2 Å². The van der Waals surface area contributed by atoms with Gasteiger partial charge in [-0.2, -0.15) is 0 Å². The minimum Gasteiger partial charge on any atom is -1.00 e. The zero-order valence-corrected chi connectivity index (χ0v) is 15.6. The molecule has 0 aliphatic carbocycles. The monoisotopic (exact) mass is 417 g/mol. The number of fused-ring (bicyclic) bond motifs is 1. The molecule has 1 aliphatic rings. The zero-order chi connectivity index (χ0) is 15.1. The highest BCUT2D eigenvalue weighted by atomic mass is 127. The number of para-hydroxylation sites is 1. The van der Waals surface area contributed by atoms with E-state index < -0.39 is 0 Å². The average Bonchev–Trinajstić information content (AvgIpc) is 2.52. The summed E-state index contributed by atoms with van der Waals surface area (Å²) in [6, 6.07) is 6.18. The van der Waals surface area contributed by atoms with Crippen molar-refractivity contribution in [1.29, 1.82) is 0 Å². The van der Waals surface area contributed by atoms with Crippen LogP contribution in [0.2, 0.25) is 0 Å². The molecule has 0 unspecified atom stereocenters. The van der Waals surface area contributed by atoms with Gasteiger partial charge in [0.05, 0.1) is 12.8 Å². The lowest BCUT2D eigenvalue weighted by atomic mass is 10.0. The van der Waals surface area contributed by atoms with Gasteiger partial charge in [-0.25, -0.2) is 0 Å². The highest BCUT2D eigenvalue weighted by molar-refractivity contribution is 5.82. The molecular formula is C17H26IN2O2-. The fraction of sp³-hybridized carbons (Fsp3) is 0.529. The van der Waals surface area contributed by atoms with Crippen LogP contribution in [0.15, 0.2) is 24.3 Å². The van der Waals surface area contributed by atoms with Crippen molar-refractivity contribution in [1.82, 2.24) is 5.32 Å². The second-order valence-corrected chi connectivity index (χ2v) is 5.42. The van der Waals surface area contributed by atoms with Gasteiger partial charge in [0.25, 0.3) is 0 Å². The van der Waals surface area contributed by atoms with E-state index >= 15 is 0 Å². The van der Waals surface area contributed by atoms with Crippen LogP contribution < -0.4 is 38.9 Å². The maximum Gasteiger partial charge on any atom is 0.142 e. The Labute approximate surface area is 150 Å². The van der Waals surface area contributed by atoms with Gasteiger partial charge >= 0.3 is 0 Å². The molecule has 0 bridgehead atoms. The van der Waals surface area contributed by atoms with Crippen molar-refractivity contribution < 1.29 is 33.8 Å². The highest BCUT2D eigenvalue weighted by Crippen LogP contribution is 2.37. The van der Waals surface area contributed by atoms with E-state index in [4.69, 9.17) is 9.84 Å². The summed E-state index contributed by atoms with van der Waals surface area (Å²) in [7, 11) is 3.81. The number of likely N-dealkylation sites (N-methyl/N-ethyl adjacent to an activating group) is 1. The molecule has 1 aromatic carbocycles. The maximum absolute atomic E-state index is 8.77. The maximum atomic E-state index is 8.77. The first-order valence-electron chi connectivity index (χ1n) is 7.71. The number of aliphatic hydroxyl groups excluding tert-OH is 1. The lowest BCUT2D eigenvalue weighted by molar-refractivity contribution is -0.00000578. The number of halogens is 1. The number of aliphatic hydroxyl groups is 1. The fourth-order valence-corrected chi connectivity index (χ4v) is 2.71. The molecule has 22 heavy (non-hydrogen) atoms. The van der Waals surface area contributed by atoms with Crippen LogP contribution in [0.4, 0.5) is 5.69 Å². The Kier molecular flexibility index (Phi) is 8.63. The van der Waals surface area contributed by atoms with Crippen molar-refractivity contribution in [2.45, 2.75) is 25.7 Å². The van der Waals surface area contributed by atoms with E-state index in [1.54, 1.807) is 7.11 Å². The first kappa shape index (κ1) is 19.1. The number of unbranched alkanes of at least 4 members (excludes halogenated alkanes) is 3. The predicted molar refractivity (Wildman–Crippen MR) is 87.8 cm³/mol. The van der Waals surface area contributed by atoms with Crippen LogP contribution in [0, 0.1) is 0 Å². The van der Waals surface area contributed by atoms with Gasteiger partial charge in [0.1, 0.15) is 5.75 Å². The van der Waals surface area contributed by atoms with Gasteiger partial charge < -0.3 is 44.0 Å². The number of ether oxygens (including phenoxy) is 1. The molecule has 5 heteroatoms. The quantitative estimate of drug-likeness (QED) is 0.448. The van der Waals surface area contributed by atoms with Gasteiger partial charge in [-0.3, -0.25) is 0 Å². The summed E-state index contributed by atoms with van der Waals surface area (Å²) in [5.41, 5.74) is 3.56. The first-order chi connectivity index (χ1) is 10.3. The smallest absolute Gasteiger partial charge is 0.142 e. The fourth-order valence-electron chi connectivity index (χ4n) is 2.71. The number of anilines is 1. The number of methoxy groups -OCH3 is 1. The van der Waals surface area contributed by atoms with Gasteiger partial charge in [0, 0.05) is 38.0 Å². The Bertz CT molecular complexity index is 492. The second kappa shape index (κ2) is 9.94. The largest absolute Gasteiger partial charge is 1.00 e. The molecule has 1 aliphatic heterocycles. The Morgan fingerprint density at radius 3 is 2.73 bits per heavy atom. The minimum absolute atomic E-state index is 0. The summed E-state index contributed by atoms with van der Waals surface area (Å²) in [6.07, 6.45) is 6.53. The van der Waals surface area contributed by atoms with Crippen molar-refractivity contribution in [3.8, 4) is 5.75 Å². The standard InChI is InChI=1S/C17H26N2O2.HI/c1-19-12-10-15(18-11-5-3-4-6-13-20)14-8-7-9-16(21-2)17(14)19;/h7-10,18,20H,3-6,11-13H2,1-2H3;1H/p-1. The average molecular weight is 417 g/mol. The Balaban J connectivity index is 0.00000242. The topological polar surface area (TPSA) is 44.7 Å². The molecule has 0 fully saturated rings. The van der Waals surface area contributed by atoms with Gasteiger partial charge in [0.15, 0.2) is 0 Å². The van der Waals surface area contributed by atoms with E-state index in [2.05, 4.69) is 29.4 Å². The van der Waals surface area contributed by atoms with Crippen LogP contribution >= 0.6 is 0 Å². The molecule has 0 atom stereocenters. The molecule has 0 saturated heterocycles. The van der Waals surface area contributed by atoms with Crippen molar-refractivity contribution >= 4 is 11.4 Å². The lowest BCUT2D eigenvalue weighted by Gasteiger charge is -2.29. The molecular weight excluding hydrogens is 391 g/mol. The Morgan fingerprint density at radius 1 is 1.23 bits per heavy atom. The number of hydrogen-bond donors (Lipinski definition) is 2. The normalized spacial score (nSPS) is 13.0. The summed E-state index contributed by atoms with van der Waals surface area (Å²) in [6.45, 7) is 2.16. The summed E-state index contributed by atoms with van der Waals surface area (Å²) >= 11 is 0. The lowest BCUT2D eigenvalue weighted by Crippen LogP contribution is -3.00. The van der Waals surface area contributed by atoms with Crippen LogP contribution in [-0.2, 0) is 0 Å². The number of benzene rings is 1. The highest BCUT2D eigenvalue weighted by Gasteiger charge is 2.19. The number of rotatable bonds is 8. The summed E-state index contributed by atoms with van der Waals surface area (Å²) in [5.74, 6) is 0.922. The molecule has 124 valence electrons. The molecule has 2 N–H and O–H groups in total. The minimum atomic E-state index is 0. The third-order valence-electron chi connectivity index (χ3n) is 3.86. The molecule has 4 nitrogen and oxygen atoms in total. The van der Waals surface area contributed by atoms with Crippen LogP contribution in [0.3, 0.4) is 0 Å². The molecule has 0 aromatic heterocycles. The number of hydrogen-bond acceptors (Lipinski definition) is 4. The molecule has 0 saturated carbocycles. The molecule has 0 spiro atoms. The van der Waals surface area contributed by atoms with E-state index in [-0.39, 0.29) is 24.0 Å². The van der Waals surface area contributed by atoms with Gasteiger partial charge in [-0.05, 0) is 25.0 Å². The van der Waals surface area contributed by atoms with Crippen LogP contribution in [0.25, 0.3) is 5.70 Å². The van der Waals surface area contributed by atoms with Crippen molar-refractivity contribution in [3.05, 3.63) is 29.8 Å². The number of nitrogens with zero attached hydrogens (tertiary/aromatic N) is 1. The van der Waals surface area contributed by atoms with Crippen molar-refractivity contribution in [3.63, 3.8) is 0 Å². The van der Waals surface area contributed by atoms with E-state index in [0.717, 1.165) is 50.2 Å². The zero-order valence-electron chi connectivity index (χ0n) is 13.4. The first-order valence-corrected chi connectivity index (χ1v) is 7.71. The third-order valence-corrected chi connectivity index (χ3v) is 3.86. The summed E-state index contributed by atoms with van der Waals surface area (Å²) < 4.78 is 5.48. The van der Waals surface area contributed by atoms with E-state index in [9.17, 15) is 0 Å². The SMILES string of the molecule is COc1cccc2c1N(C)CC=C2NCCCCCCO.[I-]. The van der Waals surface area contributed by atoms with Crippen molar-refractivity contribution in [2.24, 2.45) is 0 Å². The molecule has 0 amide bonds. The predicted octanol–water partition coefficient (Wildman–Crippen LogP) is -0.368. The Hall–Kier alpha value is -0.950. The summed E-state index contributed by atoms with van der Waals surface area (Å²) in [4.78, 5) is 2.21. The van der Waals surface area contributed by atoms with E-state index in [1.807, 2.05) is 12.1 Å². The third kappa shape index (κ3) is 4.78.